The van der Waals surface area contributed by atoms with E-state index in [0.717, 1.165) is 12.8 Å². The topological polar surface area (TPSA) is 79.5 Å². The van der Waals surface area contributed by atoms with E-state index >= 15 is 0 Å². The molecule has 0 aliphatic rings. The summed E-state index contributed by atoms with van der Waals surface area (Å²) in [5, 5.41) is 8.62. The Balaban J connectivity index is 1.57. The molecule has 0 saturated heterocycles. The highest BCUT2D eigenvalue weighted by Gasteiger charge is 2.12. The summed E-state index contributed by atoms with van der Waals surface area (Å²) in [5.41, 5.74) is 2.24. The molecule has 0 spiro atoms. The SMILES string of the molecule is CCCCOc1ccc(C(=O)NC(=S)Nc2cccc(NC(=O)c3ccccc3)c2)cc1Br. The summed E-state index contributed by atoms with van der Waals surface area (Å²) in [6.07, 6.45) is 2.01. The molecule has 0 aromatic heterocycles. The third kappa shape index (κ3) is 7.40. The first-order valence-corrected chi connectivity index (χ1v) is 11.7. The molecule has 0 aliphatic carbocycles. The number of anilines is 2. The van der Waals surface area contributed by atoms with Crippen LogP contribution in [0.4, 0.5) is 11.4 Å². The van der Waals surface area contributed by atoms with Gasteiger partial charge < -0.3 is 15.4 Å². The van der Waals surface area contributed by atoms with E-state index < -0.39 is 0 Å². The number of halogens is 1. The number of hydrogen-bond donors (Lipinski definition) is 3. The molecule has 0 aliphatic heterocycles. The summed E-state index contributed by atoms with van der Waals surface area (Å²) in [4.78, 5) is 24.9. The zero-order chi connectivity index (χ0) is 23.6. The Bertz CT molecular complexity index is 1140. The predicted molar refractivity (Wildman–Crippen MR) is 139 cm³/mol. The number of ether oxygens (including phenoxy) is 1. The summed E-state index contributed by atoms with van der Waals surface area (Å²) in [6, 6.07) is 21.1. The van der Waals surface area contributed by atoms with Gasteiger partial charge in [0.2, 0.25) is 0 Å². The van der Waals surface area contributed by atoms with Crippen LogP contribution in [0.15, 0.2) is 77.3 Å². The molecule has 3 rings (SSSR count). The predicted octanol–water partition coefficient (Wildman–Crippen LogP) is 6.01. The van der Waals surface area contributed by atoms with E-state index in [9.17, 15) is 9.59 Å². The monoisotopic (exact) mass is 525 g/mol. The molecular weight excluding hydrogens is 502 g/mol. The lowest BCUT2D eigenvalue weighted by molar-refractivity contribution is 0.0976. The minimum absolute atomic E-state index is 0.144. The molecule has 0 saturated carbocycles. The van der Waals surface area contributed by atoms with Crippen LogP contribution in [0.3, 0.4) is 0 Å². The number of benzene rings is 3. The fourth-order valence-corrected chi connectivity index (χ4v) is 3.59. The van der Waals surface area contributed by atoms with E-state index in [1.54, 1.807) is 66.7 Å². The second-order valence-corrected chi connectivity index (χ2v) is 8.42. The van der Waals surface area contributed by atoms with Crippen molar-refractivity contribution in [2.24, 2.45) is 0 Å². The first-order chi connectivity index (χ1) is 16.0. The fraction of sp³-hybridized carbons (Fsp3) is 0.160. The molecular formula is C25H24BrN3O3S. The zero-order valence-corrected chi connectivity index (χ0v) is 20.5. The smallest absolute Gasteiger partial charge is 0.257 e. The number of unbranched alkanes of at least 4 members (excludes halogenated alkanes) is 1. The van der Waals surface area contributed by atoms with Gasteiger partial charge >= 0.3 is 0 Å². The summed E-state index contributed by atoms with van der Waals surface area (Å²) in [7, 11) is 0. The van der Waals surface area contributed by atoms with Crippen LogP contribution in [-0.2, 0) is 0 Å². The molecule has 0 atom stereocenters. The van der Waals surface area contributed by atoms with Crippen molar-refractivity contribution < 1.29 is 14.3 Å². The molecule has 3 aromatic carbocycles. The van der Waals surface area contributed by atoms with E-state index in [-0.39, 0.29) is 16.9 Å². The van der Waals surface area contributed by atoms with E-state index in [1.807, 2.05) is 6.07 Å². The van der Waals surface area contributed by atoms with E-state index in [2.05, 4.69) is 38.8 Å². The van der Waals surface area contributed by atoms with E-state index in [0.29, 0.717) is 39.3 Å². The molecule has 8 heteroatoms. The number of rotatable bonds is 8. The Morgan fingerprint density at radius 2 is 1.61 bits per heavy atom. The van der Waals surface area contributed by atoms with Crippen molar-refractivity contribution in [3.05, 3.63) is 88.4 Å². The Morgan fingerprint density at radius 3 is 2.30 bits per heavy atom. The zero-order valence-electron chi connectivity index (χ0n) is 18.1. The van der Waals surface area contributed by atoms with Gasteiger partial charge in [-0.1, -0.05) is 37.6 Å². The molecule has 6 nitrogen and oxygen atoms in total. The van der Waals surface area contributed by atoms with Crippen LogP contribution in [0, 0.1) is 0 Å². The van der Waals surface area contributed by atoms with Crippen molar-refractivity contribution in [2.75, 3.05) is 17.2 Å². The van der Waals surface area contributed by atoms with E-state index in [4.69, 9.17) is 17.0 Å². The molecule has 0 fully saturated rings. The van der Waals surface area contributed by atoms with Gasteiger partial charge in [-0.25, -0.2) is 0 Å². The van der Waals surface area contributed by atoms with Crippen LogP contribution in [0.25, 0.3) is 0 Å². The minimum atomic E-state index is -0.346. The molecule has 0 heterocycles. The average molecular weight is 526 g/mol. The van der Waals surface area contributed by atoms with Gasteiger partial charge in [0.1, 0.15) is 5.75 Å². The molecule has 170 valence electrons. The standard InChI is InChI=1S/C25H24BrN3O3S/c1-2-3-14-32-22-13-12-18(15-21(22)26)24(31)29-25(33)28-20-11-7-10-19(16-20)27-23(30)17-8-5-4-6-9-17/h4-13,15-16H,2-3,14H2,1H3,(H,27,30)(H2,28,29,31,33). The molecule has 0 radical (unpaired) electrons. The van der Waals surface area contributed by atoms with Crippen molar-refractivity contribution in [2.45, 2.75) is 19.8 Å². The minimum Gasteiger partial charge on any atom is -0.492 e. The van der Waals surface area contributed by atoms with Gasteiger partial charge in [-0.2, -0.15) is 0 Å². The highest BCUT2D eigenvalue weighted by molar-refractivity contribution is 9.10. The van der Waals surface area contributed by atoms with Crippen molar-refractivity contribution in [1.82, 2.24) is 5.32 Å². The van der Waals surface area contributed by atoms with Crippen molar-refractivity contribution in [3.8, 4) is 5.75 Å². The van der Waals surface area contributed by atoms with Gasteiger partial charge in [0.15, 0.2) is 5.11 Å². The quantitative estimate of drug-likeness (QED) is 0.248. The number of thiocarbonyl (C=S) groups is 1. The van der Waals surface area contributed by atoms with Gasteiger partial charge in [-0.05, 0) is 83.1 Å². The van der Waals surface area contributed by atoms with Crippen LogP contribution in [0.1, 0.15) is 40.5 Å². The maximum absolute atomic E-state index is 12.6. The highest BCUT2D eigenvalue weighted by atomic mass is 79.9. The molecule has 0 bridgehead atoms. The van der Waals surface area contributed by atoms with Crippen LogP contribution in [0.5, 0.6) is 5.75 Å². The van der Waals surface area contributed by atoms with Crippen molar-refractivity contribution in [1.29, 1.82) is 0 Å². The summed E-state index contributed by atoms with van der Waals surface area (Å²) < 4.78 is 6.39. The van der Waals surface area contributed by atoms with Gasteiger partial charge in [0.05, 0.1) is 11.1 Å². The molecule has 3 N–H and O–H groups in total. The normalized spacial score (nSPS) is 10.2. The number of carbonyl (C=O) groups excluding carboxylic acids is 2. The van der Waals surface area contributed by atoms with Crippen molar-refractivity contribution >= 4 is 56.4 Å². The summed E-state index contributed by atoms with van der Waals surface area (Å²) in [5.74, 6) is 0.133. The van der Waals surface area contributed by atoms with Crippen LogP contribution in [-0.4, -0.2) is 23.5 Å². The van der Waals surface area contributed by atoms with Gasteiger partial charge in [-0.15, -0.1) is 0 Å². The van der Waals surface area contributed by atoms with Gasteiger partial charge in [-0.3, -0.25) is 14.9 Å². The third-order valence-electron chi connectivity index (χ3n) is 4.59. The Labute approximate surface area is 206 Å². The van der Waals surface area contributed by atoms with Crippen LogP contribution < -0.4 is 20.7 Å². The number of nitrogens with one attached hydrogen (secondary N) is 3. The summed E-state index contributed by atoms with van der Waals surface area (Å²) >= 11 is 8.73. The first kappa shape index (κ1) is 24.4. The molecule has 33 heavy (non-hydrogen) atoms. The first-order valence-electron chi connectivity index (χ1n) is 10.5. The lowest BCUT2D eigenvalue weighted by Gasteiger charge is -2.12. The second kappa shape index (κ2) is 12.1. The average Bonchev–Trinajstić information content (AvgIpc) is 2.81. The molecule has 2 amide bonds. The van der Waals surface area contributed by atoms with Gasteiger partial charge in [0.25, 0.3) is 11.8 Å². The maximum Gasteiger partial charge on any atom is 0.257 e. The highest BCUT2D eigenvalue weighted by Crippen LogP contribution is 2.26. The number of hydrogen-bond acceptors (Lipinski definition) is 4. The Kier molecular flexibility index (Phi) is 8.97. The Morgan fingerprint density at radius 1 is 0.879 bits per heavy atom. The lowest BCUT2D eigenvalue weighted by Crippen LogP contribution is -2.34. The summed E-state index contributed by atoms with van der Waals surface area (Å²) in [6.45, 7) is 2.72. The van der Waals surface area contributed by atoms with Crippen molar-refractivity contribution in [3.63, 3.8) is 0 Å². The largest absolute Gasteiger partial charge is 0.492 e. The molecule has 3 aromatic rings. The molecule has 0 unspecified atom stereocenters. The van der Waals surface area contributed by atoms with Crippen LogP contribution >= 0.6 is 28.1 Å². The number of amides is 2. The Hall–Kier alpha value is -3.23. The van der Waals surface area contributed by atoms with Gasteiger partial charge in [0, 0.05) is 22.5 Å². The van der Waals surface area contributed by atoms with E-state index in [1.165, 1.54) is 0 Å². The second-order valence-electron chi connectivity index (χ2n) is 7.16. The maximum atomic E-state index is 12.6. The number of carbonyl (C=O) groups is 2. The van der Waals surface area contributed by atoms with Crippen LogP contribution in [0.2, 0.25) is 0 Å². The lowest BCUT2D eigenvalue weighted by atomic mass is 10.2. The fourth-order valence-electron chi connectivity index (χ4n) is 2.89. The third-order valence-corrected chi connectivity index (χ3v) is 5.41.